The summed E-state index contributed by atoms with van der Waals surface area (Å²) in [4.78, 5) is 4.13. The average Bonchev–Trinajstić information content (AvgIpc) is 2.67. The number of fused-ring (bicyclic) bond motifs is 2. The first-order chi connectivity index (χ1) is 14.2. The third-order valence-electron chi connectivity index (χ3n) is 5.81. The molecule has 7 nitrogen and oxygen atoms in total. The number of nitrogens with one attached hydrogen (secondary N) is 2. The van der Waals surface area contributed by atoms with Crippen LogP contribution in [0.1, 0.15) is 39.0 Å². The molecule has 2 bridgehead atoms. The van der Waals surface area contributed by atoms with E-state index in [0.29, 0.717) is 17.9 Å². The van der Waals surface area contributed by atoms with Gasteiger partial charge in [0.05, 0.1) is 22.6 Å². The molecule has 2 fully saturated rings. The summed E-state index contributed by atoms with van der Waals surface area (Å²) in [6.45, 7) is 5.47. The standard InChI is InChI=1S/C21H31FN4O3S/c1-4-24-21(26-19-9-8-17(12-18(19)22)30(3,27)28)13(2)20(23)29-16-10-14-6-5-7-15(11-16)25-14/h4,8-9,12-16,20,25H,1,5-7,10-11,23H2,2-3H3,(H,24,26). The topological polar surface area (TPSA) is 106 Å². The maximum atomic E-state index is 14.5. The second-order valence-electron chi connectivity index (χ2n) is 8.21. The Morgan fingerprint density at radius 3 is 2.63 bits per heavy atom. The van der Waals surface area contributed by atoms with E-state index in [2.05, 4.69) is 22.2 Å². The van der Waals surface area contributed by atoms with Crippen LogP contribution in [0.4, 0.5) is 10.1 Å². The van der Waals surface area contributed by atoms with E-state index < -0.39 is 21.9 Å². The van der Waals surface area contributed by atoms with Crippen molar-refractivity contribution in [2.24, 2.45) is 16.6 Å². The van der Waals surface area contributed by atoms with Gasteiger partial charge in [-0.2, -0.15) is 0 Å². The number of rotatable bonds is 7. The number of hydrogen-bond acceptors (Lipinski definition) is 6. The predicted molar refractivity (Wildman–Crippen MR) is 117 cm³/mol. The number of sulfone groups is 1. The maximum Gasteiger partial charge on any atom is 0.175 e. The summed E-state index contributed by atoms with van der Waals surface area (Å²) in [6.07, 6.45) is 7.27. The number of ether oxygens (including phenoxy) is 1. The van der Waals surface area contributed by atoms with Crippen molar-refractivity contribution in [3.63, 3.8) is 0 Å². The lowest BCUT2D eigenvalue weighted by atomic mass is 9.85. The molecule has 0 aliphatic carbocycles. The summed E-state index contributed by atoms with van der Waals surface area (Å²) in [6, 6.07) is 4.66. The fourth-order valence-corrected chi connectivity index (χ4v) is 4.78. The summed E-state index contributed by atoms with van der Waals surface area (Å²) in [5.41, 5.74) is 6.44. The smallest absolute Gasteiger partial charge is 0.175 e. The number of halogens is 1. The first kappa shape index (κ1) is 22.9. The lowest BCUT2D eigenvalue weighted by molar-refractivity contribution is -0.0562. The fourth-order valence-electron chi connectivity index (χ4n) is 4.15. The van der Waals surface area contributed by atoms with Gasteiger partial charge in [0.25, 0.3) is 0 Å². The van der Waals surface area contributed by atoms with Gasteiger partial charge in [-0.15, -0.1) is 0 Å². The Morgan fingerprint density at radius 1 is 1.40 bits per heavy atom. The van der Waals surface area contributed by atoms with Crippen molar-refractivity contribution in [3.8, 4) is 0 Å². The molecule has 4 N–H and O–H groups in total. The molecule has 166 valence electrons. The van der Waals surface area contributed by atoms with Gasteiger partial charge >= 0.3 is 0 Å². The van der Waals surface area contributed by atoms with Crippen molar-refractivity contribution in [1.82, 2.24) is 5.32 Å². The van der Waals surface area contributed by atoms with Crippen molar-refractivity contribution in [1.29, 1.82) is 0 Å². The molecule has 0 saturated carbocycles. The number of amidine groups is 1. The van der Waals surface area contributed by atoms with Crippen LogP contribution in [-0.4, -0.2) is 44.9 Å². The summed E-state index contributed by atoms with van der Waals surface area (Å²) >= 11 is 0. The number of benzene rings is 1. The number of hydrogen-bond donors (Lipinski definition) is 3. The summed E-state index contributed by atoms with van der Waals surface area (Å²) in [7, 11) is -3.49. The number of nitrogens with zero attached hydrogens (tertiary/aromatic N) is 1. The van der Waals surface area contributed by atoms with Gasteiger partial charge in [-0.25, -0.2) is 17.8 Å². The molecule has 3 rings (SSSR count). The van der Waals surface area contributed by atoms with Crippen LogP contribution in [0, 0.1) is 11.7 Å². The minimum Gasteiger partial charge on any atom is -0.359 e. The van der Waals surface area contributed by atoms with Crippen molar-refractivity contribution in [3.05, 3.63) is 36.8 Å². The van der Waals surface area contributed by atoms with Gasteiger partial charge in [-0.1, -0.05) is 19.9 Å². The zero-order valence-electron chi connectivity index (χ0n) is 17.5. The number of anilines is 1. The van der Waals surface area contributed by atoms with E-state index in [1.54, 1.807) is 0 Å². The molecule has 1 aromatic rings. The molecule has 0 radical (unpaired) electrons. The molecule has 0 spiro atoms. The lowest BCUT2D eigenvalue weighted by Crippen LogP contribution is -2.52. The quantitative estimate of drug-likeness (QED) is 0.343. The van der Waals surface area contributed by atoms with E-state index in [1.165, 1.54) is 24.8 Å². The van der Waals surface area contributed by atoms with E-state index >= 15 is 0 Å². The third-order valence-corrected chi connectivity index (χ3v) is 6.92. The van der Waals surface area contributed by atoms with Gasteiger partial charge < -0.3 is 21.1 Å². The number of piperidine rings is 2. The van der Waals surface area contributed by atoms with Gasteiger partial charge in [0.2, 0.25) is 0 Å². The molecular formula is C21H31FN4O3S. The molecular weight excluding hydrogens is 407 g/mol. The second kappa shape index (κ2) is 9.55. The highest BCUT2D eigenvalue weighted by molar-refractivity contribution is 7.90. The molecule has 2 aliphatic heterocycles. The highest BCUT2D eigenvalue weighted by atomic mass is 32.2. The molecule has 2 saturated heterocycles. The van der Waals surface area contributed by atoms with Crippen LogP contribution in [0.15, 0.2) is 40.9 Å². The minimum absolute atomic E-state index is 0.0785. The van der Waals surface area contributed by atoms with Crippen LogP contribution in [0.3, 0.4) is 0 Å². The summed E-state index contributed by atoms with van der Waals surface area (Å²) in [5, 5.41) is 6.55. The van der Waals surface area contributed by atoms with Crippen LogP contribution < -0.4 is 16.4 Å². The van der Waals surface area contributed by atoms with Crippen LogP contribution in [0.2, 0.25) is 0 Å². The molecule has 9 heteroatoms. The van der Waals surface area contributed by atoms with Crippen LogP contribution in [0.25, 0.3) is 0 Å². The second-order valence-corrected chi connectivity index (χ2v) is 10.2. The van der Waals surface area contributed by atoms with Gasteiger partial charge in [0.1, 0.15) is 17.9 Å². The molecule has 1 aromatic carbocycles. The van der Waals surface area contributed by atoms with Crippen LogP contribution in [0.5, 0.6) is 0 Å². The monoisotopic (exact) mass is 438 g/mol. The molecule has 2 heterocycles. The number of aliphatic imine (C=N–C) groups is 1. The summed E-state index contributed by atoms with van der Waals surface area (Å²) in [5.74, 6) is -0.646. The third kappa shape index (κ3) is 5.66. The van der Waals surface area contributed by atoms with E-state index in [4.69, 9.17) is 10.5 Å². The number of nitrogens with two attached hydrogens (primary N) is 1. The van der Waals surface area contributed by atoms with Crippen molar-refractivity contribution in [2.45, 2.75) is 68.3 Å². The van der Waals surface area contributed by atoms with Crippen molar-refractivity contribution in [2.75, 3.05) is 11.6 Å². The molecule has 0 aromatic heterocycles. The first-order valence-electron chi connectivity index (χ1n) is 10.3. The Hall–Kier alpha value is -1.81. The highest BCUT2D eigenvalue weighted by Crippen LogP contribution is 2.28. The Labute approximate surface area is 177 Å². The molecule has 2 aliphatic rings. The zero-order valence-corrected chi connectivity index (χ0v) is 18.3. The van der Waals surface area contributed by atoms with E-state index in [0.717, 1.165) is 38.0 Å². The van der Waals surface area contributed by atoms with Crippen molar-refractivity contribution < 1.29 is 17.5 Å². The largest absolute Gasteiger partial charge is 0.359 e. The average molecular weight is 439 g/mol. The molecule has 4 atom stereocenters. The van der Waals surface area contributed by atoms with E-state index in [-0.39, 0.29) is 22.6 Å². The summed E-state index contributed by atoms with van der Waals surface area (Å²) < 4.78 is 43.9. The van der Waals surface area contributed by atoms with E-state index in [9.17, 15) is 12.8 Å². The molecule has 4 unspecified atom stereocenters. The SMILES string of the molecule is C=CN=C(Nc1ccc(S(C)(=O)=O)cc1F)C(C)C(N)OC1CC2CCCC(C1)N2. The lowest BCUT2D eigenvalue weighted by Gasteiger charge is -2.41. The Kier molecular flexibility index (Phi) is 7.28. The maximum absolute atomic E-state index is 14.5. The Bertz CT molecular complexity index is 894. The Balaban J connectivity index is 1.68. The van der Waals surface area contributed by atoms with Gasteiger partial charge in [0.15, 0.2) is 9.84 Å². The predicted octanol–water partition coefficient (Wildman–Crippen LogP) is 2.79. The molecule has 0 amide bonds. The van der Waals surface area contributed by atoms with Gasteiger partial charge in [-0.05, 0) is 43.9 Å². The first-order valence-corrected chi connectivity index (χ1v) is 12.2. The molecule has 30 heavy (non-hydrogen) atoms. The normalized spacial score (nSPS) is 26.7. The minimum atomic E-state index is -3.49. The van der Waals surface area contributed by atoms with Gasteiger partial charge in [-0.3, -0.25) is 0 Å². The van der Waals surface area contributed by atoms with E-state index in [1.807, 2.05) is 6.92 Å². The highest BCUT2D eigenvalue weighted by Gasteiger charge is 2.33. The fraction of sp³-hybridized carbons (Fsp3) is 0.571. The van der Waals surface area contributed by atoms with Gasteiger partial charge in [0, 0.05) is 24.5 Å². The Morgan fingerprint density at radius 2 is 2.07 bits per heavy atom. The van der Waals surface area contributed by atoms with Crippen LogP contribution >= 0.6 is 0 Å². The van der Waals surface area contributed by atoms with Crippen molar-refractivity contribution >= 4 is 21.4 Å². The van der Waals surface area contributed by atoms with Crippen LogP contribution in [-0.2, 0) is 14.6 Å². The zero-order chi connectivity index (χ0) is 21.9.